The van der Waals surface area contributed by atoms with Crippen LogP contribution in [0.25, 0.3) is 6.08 Å². The third-order valence-corrected chi connectivity index (χ3v) is 5.07. The zero-order valence-electron chi connectivity index (χ0n) is 11.5. The van der Waals surface area contributed by atoms with Crippen molar-refractivity contribution in [2.75, 3.05) is 0 Å². The molecule has 2 nitrogen and oxygen atoms in total. The van der Waals surface area contributed by atoms with Crippen LogP contribution in [0.2, 0.25) is 0 Å². The fraction of sp³-hybridized carbons (Fsp3) is 0.0588. The highest BCUT2D eigenvalue weighted by molar-refractivity contribution is 9.10. The Morgan fingerprint density at radius 1 is 1.14 bits per heavy atom. The van der Waals surface area contributed by atoms with Crippen molar-refractivity contribution in [2.24, 2.45) is 0 Å². The Balaban J connectivity index is 1.82. The molecule has 3 rings (SSSR count). The van der Waals surface area contributed by atoms with Gasteiger partial charge in [-0.25, -0.2) is 0 Å². The predicted octanol–water partition coefficient (Wildman–Crippen LogP) is 4.85. The minimum atomic E-state index is -0.0289. The number of nitrogens with zero attached hydrogens (tertiary/aromatic N) is 1. The molecule has 1 fully saturated rings. The van der Waals surface area contributed by atoms with Crippen molar-refractivity contribution in [3.63, 3.8) is 0 Å². The Labute approximate surface area is 147 Å². The first kappa shape index (κ1) is 15.5. The molecule has 5 heteroatoms. The fourth-order valence-electron chi connectivity index (χ4n) is 2.15. The van der Waals surface area contributed by atoms with Crippen LogP contribution in [0.15, 0.2) is 64.0 Å². The second-order valence-corrected chi connectivity index (χ2v) is 7.40. The van der Waals surface area contributed by atoms with Gasteiger partial charge in [-0.1, -0.05) is 82.4 Å². The van der Waals surface area contributed by atoms with Gasteiger partial charge in [-0.2, -0.15) is 0 Å². The van der Waals surface area contributed by atoms with E-state index in [0.29, 0.717) is 15.8 Å². The summed E-state index contributed by atoms with van der Waals surface area (Å²) in [4.78, 5) is 14.9. The molecule has 110 valence electrons. The van der Waals surface area contributed by atoms with Gasteiger partial charge in [-0.05, 0) is 29.3 Å². The Bertz CT molecular complexity index is 758. The molecular formula is C17H12BrNOS2. The maximum atomic E-state index is 12.5. The molecule has 0 aliphatic carbocycles. The van der Waals surface area contributed by atoms with Crippen LogP contribution in [-0.4, -0.2) is 15.1 Å². The van der Waals surface area contributed by atoms with Crippen molar-refractivity contribution >= 4 is 56.2 Å². The molecule has 0 spiro atoms. The number of thioether (sulfide) groups is 1. The molecule has 22 heavy (non-hydrogen) atoms. The van der Waals surface area contributed by atoms with E-state index in [1.807, 2.05) is 60.7 Å². The van der Waals surface area contributed by atoms with Crippen LogP contribution in [-0.2, 0) is 11.3 Å². The zero-order valence-corrected chi connectivity index (χ0v) is 14.7. The van der Waals surface area contributed by atoms with Crippen molar-refractivity contribution in [2.45, 2.75) is 6.54 Å². The van der Waals surface area contributed by atoms with E-state index < -0.39 is 0 Å². The first-order valence-corrected chi connectivity index (χ1v) is 8.70. The minimum Gasteiger partial charge on any atom is -0.288 e. The van der Waals surface area contributed by atoms with Gasteiger partial charge in [0, 0.05) is 4.47 Å². The summed E-state index contributed by atoms with van der Waals surface area (Å²) in [5, 5.41) is 0. The summed E-state index contributed by atoms with van der Waals surface area (Å²) in [6.07, 6.45) is 1.88. The SMILES string of the molecule is O=C1/C(=C/c2cccc(Br)c2)SC(=S)N1Cc1ccccc1. The van der Waals surface area contributed by atoms with E-state index in [4.69, 9.17) is 12.2 Å². The summed E-state index contributed by atoms with van der Waals surface area (Å²) in [7, 11) is 0. The molecule has 1 aliphatic heterocycles. The predicted molar refractivity (Wildman–Crippen MR) is 99.3 cm³/mol. The molecule has 0 atom stereocenters. The van der Waals surface area contributed by atoms with Crippen LogP contribution in [0.4, 0.5) is 0 Å². The molecule has 0 aromatic heterocycles. The summed E-state index contributed by atoms with van der Waals surface area (Å²) >= 11 is 10.1. The van der Waals surface area contributed by atoms with Gasteiger partial charge in [0.2, 0.25) is 0 Å². The van der Waals surface area contributed by atoms with E-state index >= 15 is 0 Å². The van der Waals surface area contributed by atoms with Gasteiger partial charge in [0.1, 0.15) is 4.32 Å². The first-order valence-electron chi connectivity index (χ1n) is 6.68. The maximum Gasteiger partial charge on any atom is 0.266 e. The van der Waals surface area contributed by atoms with Crippen molar-refractivity contribution in [1.82, 2.24) is 4.90 Å². The van der Waals surface area contributed by atoms with Crippen LogP contribution in [0.5, 0.6) is 0 Å². The smallest absolute Gasteiger partial charge is 0.266 e. The van der Waals surface area contributed by atoms with E-state index in [1.165, 1.54) is 11.8 Å². The van der Waals surface area contributed by atoms with E-state index in [9.17, 15) is 4.79 Å². The number of carbonyl (C=O) groups excluding carboxylic acids is 1. The fourth-order valence-corrected chi connectivity index (χ4v) is 3.82. The number of hydrogen-bond donors (Lipinski definition) is 0. The number of hydrogen-bond acceptors (Lipinski definition) is 3. The van der Waals surface area contributed by atoms with Gasteiger partial charge in [-0.15, -0.1) is 0 Å². The number of halogens is 1. The lowest BCUT2D eigenvalue weighted by Crippen LogP contribution is -2.27. The number of thiocarbonyl (C=S) groups is 1. The number of carbonyl (C=O) groups is 1. The molecule has 0 radical (unpaired) electrons. The molecule has 1 aliphatic rings. The highest BCUT2D eigenvalue weighted by atomic mass is 79.9. The second kappa shape index (κ2) is 6.77. The zero-order chi connectivity index (χ0) is 15.5. The average Bonchev–Trinajstić information content (AvgIpc) is 2.76. The normalized spacial score (nSPS) is 16.6. The molecule has 2 aromatic rings. The Hall–Kier alpha value is -1.43. The lowest BCUT2D eigenvalue weighted by molar-refractivity contribution is -0.122. The molecule has 1 heterocycles. The highest BCUT2D eigenvalue weighted by Crippen LogP contribution is 2.33. The Morgan fingerprint density at radius 2 is 1.91 bits per heavy atom. The molecule has 1 saturated heterocycles. The Kier molecular flexibility index (Phi) is 4.76. The third kappa shape index (κ3) is 3.48. The quantitative estimate of drug-likeness (QED) is 0.552. The topological polar surface area (TPSA) is 20.3 Å². The van der Waals surface area contributed by atoms with Crippen LogP contribution in [0, 0.1) is 0 Å². The van der Waals surface area contributed by atoms with E-state index in [2.05, 4.69) is 15.9 Å². The lowest BCUT2D eigenvalue weighted by Gasteiger charge is -2.14. The molecule has 0 N–H and O–H groups in total. The van der Waals surface area contributed by atoms with Crippen LogP contribution >= 0.6 is 39.9 Å². The largest absolute Gasteiger partial charge is 0.288 e. The summed E-state index contributed by atoms with van der Waals surface area (Å²) in [6, 6.07) is 17.7. The second-order valence-electron chi connectivity index (χ2n) is 4.81. The van der Waals surface area contributed by atoms with Crippen LogP contribution < -0.4 is 0 Å². The van der Waals surface area contributed by atoms with E-state index in [-0.39, 0.29) is 5.91 Å². The summed E-state index contributed by atoms with van der Waals surface area (Å²) in [6.45, 7) is 0.515. The van der Waals surface area contributed by atoms with Gasteiger partial charge in [-0.3, -0.25) is 9.69 Å². The number of benzene rings is 2. The number of amides is 1. The van der Waals surface area contributed by atoms with Gasteiger partial charge < -0.3 is 0 Å². The van der Waals surface area contributed by atoms with Gasteiger partial charge in [0.05, 0.1) is 11.4 Å². The summed E-state index contributed by atoms with van der Waals surface area (Å²) in [5.41, 5.74) is 2.05. The van der Waals surface area contributed by atoms with Gasteiger partial charge in [0.25, 0.3) is 5.91 Å². The molecule has 0 saturated carbocycles. The van der Waals surface area contributed by atoms with E-state index in [0.717, 1.165) is 15.6 Å². The summed E-state index contributed by atoms with van der Waals surface area (Å²) in [5.74, 6) is -0.0289. The number of rotatable bonds is 3. The molecule has 0 bridgehead atoms. The molecular weight excluding hydrogens is 378 g/mol. The third-order valence-electron chi connectivity index (χ3n) is 3.20. The van der Waals surface area contributed by atoms with Crippen molar-refractivity contribution in [3.8, 4) is 0 Å². The maximum absolute atomic E-state index is 12.5. The van der Waals surface area contributed by atoms with Crippen molar-refractivity contribution in [3.05, 3.63) is 75.1 Å². The van der Waals surface area contributed by atoms with Crippen LogP contribution in [0.3, 0.4) is 0 Å². The molecule has 2 aromatic carbocycles. The van der Waals surface area contributed by atoms with Gasteiger partial charge in [0.15, 0.2) is 0 Å². The average molecular weight is 390 g/mol. The minimum absolute atomic E-state index is 0.0289. The van der Waals surface area contributed by atoms with Crippen molar-refractivity contribution < 1.29 is 4.79 Å². The lowest BCUT2D eigenvalue weighted by atomic mass is 10.2. The monoisotopic (exact) mass is 389 g/mol. The molecule has 1 amide bonds. The van der Waals surface area contributed by atoms with Crippen LogP contribution in [0.1, 0.15) is 11.1 Å². The molecule has 0 unspecified atom stereocenters. The van der Waals surface area contributed by atoms with Gasteiger partial charge >= 0.3 is 0 Å². The summed E-state index contributed by atoms with van der Waals surface area (Å²) < 4.78 is 1.59. The van der Waals surface area contributed by atoms with Crippen molar-refractivity contribution in [1.29, 1.82) is 0 Å². The van der Waals surface area contributed by atoms with E-state index in [1.54, 1.807) is 4.90 Å². The standard InChI is InChI=1S/C17H12BrNOS2/c18-14-8-4-7-13(9-14)10-15-16(20)19(17(21)22-15)11-12-5-2-1-3-6-12/h1-10H,11H2/b15-10-. The first-order chi connectivity index (χ1) is 10.6. The highest BCUT2D eigenvalue weighted by Gasteiger charge is 2.31. The Morgan fingerprint density at radius 3 is 2.64 bits per heavy atom.